The summed E-state index contributed by atoms with van der Waals surface area (Å²) in [6.45, 7) is 2.05. The van der Waals surface area contributed by atoms with E-state index in [1.54, 1.807) is 17.4 Å². The van der Waals surface area contributed by atoms with E-state index in [9.17, 15) is 0 Å². The number of aryl methyl sites for hydroxylation is 1. The Morgan fingerprint density at radius 3 is 2.44 bits per heavy atom. The van der Waals surface area contributed by atoms with Crippen LogP contribution in [0, 0.1) is 6.92 Å². The molecule has 4 heteroatoms. The highest BCUT2D eigenvalue weighted by molar-refractivity contribution is 7.08. The van der Waals surface area contributed by atoms with Crippen molar-refractivity contribution in [3.8, 4) is 0 Å². The molecule has 0 nitrogen and oxygen atoms in total. The van der Waals surface area contributed by atoms with Crippen molar-refractivity contribution in [1.29, 1.82) is 0 Å². The van der Waals surface area contributed by atoms with Crippen LogP contribution in [0.1, 0.15) is 22.1 Å². The van der Waals surface area contributed by atoms with Gasteiger partial charge < -0.3 is 0 Å². The van der Waals surface area contributed by atoms with Crippen molar-refractivity contribution in [2.75, 3.05) is 0 Å². The zero-order valence-corrected chi connectivity index (χ0v) is 11.6. The number of hydrogen-bond acceptors (Lipinski definition) is 1. The SMILES string of the molecule is Cc1cscc1C(Cl)c1ccc(Cl)c(Cl)c1. The van der Waals surface area contributed by atoms with E-state index >= 15 is 0 Å². The molecule has 0 saturated heterocycles. The molecule has 1 unspecified atom stereocenters. The number of alkyl halides is 1. The van der Waals surface area contributed by atoms with Crippen LogP contribution >= 0.6 is 46.1 Å². The van der Waals surface area contributed by atoms with Gasteiger partial charge in [0.25, 0.3) is 0 Å². The largest absolute Gasteiger partial charge is 0.152 e. The average molecular weight is 292 g/mol. The van der Waals surface area contributed by atoms with Crippen LogP contribution in [0.3, 0.4) is 0 Å². The number of benzene rings is 1. The second-order valence-corrected chi connectivity index (χ2v) is 5.54. The third kappa shape index (κ3) is 2.38. The van der Waals surface area contributed by atoms with Gasteiger partial charge >= 0.3 is 0 Å². The lowest BCUT2D eigenvalue weighted by molar-refractivity contribution is 1.13. The molecule has 2 aromatic rings. The molecule has 16 heavy (non-hydrogen) atoms. The summed E-state index contributed by atoms with van der Waals surface area (Å²) < 4.78 is 0. The van der Waals surface area contributed by atoms with Gasteiger partial charge in [-0.15, -0.1) is 11.6 Å². The molecule has 0 saturated carbocycles. The monoisotopic (exact) mass is 290 g/mol. The summed E-state index contributed by atoms with van der Waals surface area (Å²) in [5.74, 6) is 0. The van der Waals surface area contributed by atoms with E-state index in [0.29, 0.717) is 10.0 Å². The molecule has 1 atom stereocenters. The van der Waals surface area contributed by atoms with Crippen LogP contribution in [0.2, 0.25) is 10.0 Å². The minimum Gasteiger partial charge on any atom is -0.152 e. The number of rotatable bonds is 2. The molecule has 1 aromatic heterocycles. The molecule has 0 bridgehead atoms. The second kappa shape index (κ2) is 4.97. The maximum Gasteiger partial charge on any atom is 0.0846 e. The third-order valence-corrected chi connectivity index (χ3v) is 4.51. The van der Waals surface area contributed by atoms with Crippen LogP contribution < -0.4 is 0 Å². The van der Waals surface area contributed by atoms with Crippen molar-refractivity contribution >= 4 is 46.1 Å². The van der Waals surface area contributed by atoms with Gasteiger partial charge in [0, 0.05) is 0 Å². The molecule has 0 aliphatic rings. The topological polar surface area (TPSA) is 0 Å². The molecule has 0 radical (unpaired) electrons. The fourth-order valence-electron chi connectivity index (χ4n) is 1.48. The van der Waals surface area contributed by atoms with Crippen LogP contribution in [0.4, 0.5) is 0 Å². The molecular formula is C12H9Cl3S. The average Bonchev–Trinajstić information content (AvgIpc) is 2.67. The van der Waals surface area contributed by atoms with E-state index < -0.39 is 0 Å². The number of halogens is 3. The van der Waals surface area contributed by atoms with Crippen molar-refractivity contribution in [3.63, 3.8) is 0 Å². The lowest BCUT2D eigenvalue weighted by Gasteiger charge is -2.10. The maximum absolute atomic E-state index is 6.41. The highest BCUT2D eigenvalue weighted by Crippen LogP contribution is 2.35. The van der Waals surface area contributed by atoms with Crippen molar-refractivity contribution in [2.45, 2.75) is 12.3 Å². The summed E-state index contributed by atoms with van der Waals surface area (Å²) in [5, 5.41) is 5.08. The van der Waals surface area contributed by atoms with Gasteiger partial charge in [-0.1, -0.05) is 29.3 Å². The van der Waals surface area contributed by atoms with E-state index in [2.05, 4.69) is 17.7 Å². The first-order valence-electron chi connectivity index (χ1n) is 4.71. The van der Waals surface area contributed by atoms with Gasteiger partial charge in [0.05, 0.1) is 15.4 Å². The quantitative estimate of drug-likeness (QED) is 0.623. The zero-order chi connectivity index (χ0) is 11.7. The Labute approximate surface area is 114 Å². The number of hydrogen-bond donors (Lipinski definition) is 0. The lowest BCUT2D eigenvalue weighted by Crippen LogP contribution is -1.93. The van der Waals surface area contributed by atoms with Gasteiger partial charge in [0.1, 0.15) is 0 Å². The fraction of sp³-hybridized carbons (Fsp3) is 0.167. The molecule has 0 aliphatic heterocycles. The Kier molecular flexibility index (Phi) is 3.81. The molecule has 0 fully saturated rings. The van der Waals surface area contributed by atoms with Gasteiger partial charge in [-0.05, 0) is 46.5 Å². The van der Waals surface area contributed by atoms with E-state index in [4.69, 9.17) is 34.8 Å². The first kappa shape index (κ1) is 12.3. The molecule has 1 heterocycles. The molecule has 0 aliphatic carbocycles. The minimum absolute atomic E-state index is 0.166. The summed E-state index contributed by atoms with van der Waals surface area (Å²) in [7, 11) is 0. The molecular weight excluding hydrogens is 283 g/mol. The predicted octanol–water partition coefficient (Wildman–Crippen LogP) is 5.69. The van der Waals surface area contributed by atoms with Crippen LogP contribution in [0.25, 0.3) is 0 Å². The van der Waals surface area contributed by atoms with Crippen LogP contribution in [0.15, 0.2) is 29.0 Å². The first-order chi connectivity index (χ1) is 7.59. The summed E-state index contributed by atoms with van der Waals surface area (Å²) in [6.07, 6.45) is 0. The summed E-state index contributed by atoms with van der Waals surface area (Å²) in [4.78, 5) is 0. The molecule has 0 spiro atoms. The Morgan fingerprint density at radius 2 is 1.88 bits per heavy atom. The maximum atomic E-state index is 6.41. The zero-order valence-electron chi connectivity index (χ0n) is 8.51. The van der Waals surface area contributed by atoms with Crippen molar-refractivity contribution < 1.29 is 0 Å². The third-order valence-electron chi connectivity index (χ3n) is 2.40. The standard InChI is InChI=1S/C12H9Cl3S/c1-7-5-16-6-9(7)12(15)8-2-3-10(13)11(14)4-8/h2-6,12H,1H3. The van der Waals surface area contributed by atoms with Crippen molar-refractivity contribution in [3.05, 3.63) is 55.7 Å². The Bertz CT molecular complexity index is 505. The van der Waals surface area contributed by atoms with E-state index in [1.807, 2.05) is 12.1 Å². The number of thiophene rings is 1. The summed E-state index contributed by atoms with van der Waals surface area (Å²) in [6, 6.07) is 5.50. The van der Waals surface area contributed by atoms with E-state index in [0.717, 1.165) is 11.1 Å². The van der Waals surface area contributed by atoms with Gasteiger partial charge in [0.2, 0.25) is 0 Å². The van der Waals surface area contributed by atoms with E-state index in [-0.39, 0.29) is 5.38 Å². The summed E-state index contributed by atoms with van der Waals surface area (Å²) in [5.41, 5.74) is 3.30. The van der Waals surface area contributed by atoms with Crippen LogP contribution in [-0.4, -0.2) is 0 Å². The van der Waals surface area contributed by atoms with Crippen LogP contribution in [0.5, 0.6) is 0 Å². The molecule has 2 rings (SSSR count). The fourth-order valence-corrected chi connectivity index (χ4v) is 3.11. The van der Waals surface area contributed by atoms with Gasteiger partial charge in [-0.25, -0.2) is 0 Å². The Balaban J connectivity index is 2.38. The molecule has 1 aromatic carbocycles. The first-order valence-corrected chi connectivity index (χ1v) is 6.85. The Hall–Kier alpha value is -0.210. The van der Waals surface area contributed by atoms with Gasteiger partial charge in [-0.3, -0.25) is 0 Å². The lowest BCUT2D eigenvalue weighted by atomic mass is 10.0. The van der Waals surface area contributed by atoms with E-state index in [1.165, 1.54) is 5.56 Å². The molecule has 84 valence electrons. The molecule has 0 N–H and O–H groups in total. The van der Waals surface area contributed by atoms with Crippen molar-refractivity contribution in [2.24, 2.45) is 0 Å². The van der Waals surface area contributed by atoms with Gasteiger partial charge in [0.15, 0.2) is 0 Å². The van der Waals surface area contributed by atoms with Crippen molar-refractivity contribution in [1.82, 2.24) is 0 Å². The normalized spacial score (nSPS) is 12.8. The smallest absolute Gasteiger partial charge is 0.0846 e. The Morgan fingerprint density at radius 1 is 1.12 bits per heavy atom. The highest BCUT2D eigenvalue weighted by atomic mass is 35.5. The summed E-state index contributed by atoms with van der Waals surface area (Å²) >= 11 is 19.9. The second-order valence-electron chi connectivity index (χ2n) is 3.55. The van der Waals surface area contributed by atoms with Crippen LogP contribution in [-0.2, 0) is 0 Å². The predicted molar refractivity (Wildman–Crippen MR) is 73.2 cm³/mol. The molecule has 0 amide bonds. The van der Waals surface area contributed by atoms with Gasteiger partial charge in [-0.2, -0.15) is 11.3 Å². The highest BCUT2D eigenvalue weighted by Gasteiger charge is 2.14. The minimum atomic E-state index is -0.166.